The smallest absolute Gasteiger partial charge is 0.146 e. The van der Waals surface area contributed by atoms with Gasteiger partial charge in [-0.1, -0.05) is 25.1 Å². The highest BCUT2D eigenvalue weighted by Gasteiger charge is 2.03. The number of para-hydroxylation sites is 1. The van der Waals surface area contributed by atoms with Crippen LogP contribution in [0.3, 0.4) is 0 Å². The molecule has 0 atom stereocenters. The van der Waals surface area contributed by atoms with Gasteiger partial charge in [0.25, 0.3) is 0 Å². The second kappa shape index (κ2) is 5.50. The number of rotatable bonds is 5. The van der Waals surface area contributed by atoms with Gasteiger partial charge < -0.3 is 15.5 Å². The van der Waals surface area contributed by atoms with E-state index in [1.807, 2.05) is 18.2 Å². The van der Waals surface area contributed by atoms with Crippen LogP contribution in [-0.4, -0.2) is 9.97 Å². The SMILES string of the molecule is CCc1ccccc1OCc1ncc(CN)[nH]1. The third-order valence-corrected chi connectivity index (χ3v) is 2.62. The first kappa shape index (κ1) is 11.7. The summed E-state index contributed by atoms with van der Waals surface area (Å²) in [6.07, 6.45) is 2.70. The number of hydrogen-bond donors (Lipinski definition) is 2. The summed E-state index contributed by atoms with van der Waals surface area (Å²) in [5, 5.41) is 0. The average Bonchev–Trinajstić information content (AvgIpc) is 2.84. The molecule has 0 aliphatic carbocycles. The predicted octanol–water partition coefficient (Wildman–Crippen LogP) is 2.01. The Morgan fingerprint density at radius 3 is 2.88 bits per heavy atom. The number of aromatic nitrogens is 2. The maximum atomic E-state index is 5.74. The van der Waals surface area contributed by atoms with Gasteiger partial charge in [-0.05, 0) is 18.1 Å². The van der Waals surface area contributed by atoms with Gasteiger partial charge in [-0.25, -0.2) is 4.98 Å². The van der Waals surface area contributed by atoms with Crippen LogP contribution in [-0.2, 0) is 19.6 Å². The lowest BCUT2D eigenvalue weighted by molar-refractivity contribution is 0.294. The Bertz CT molecular complexity index is 479. The van der Waals surface area contributed by atoms with E-state index in [1.54, 1.807) is 6.20 Å². The number of aryl methyl sites for hydroxylation is 1. The average molecular weight is 231 g/mol. The minimum absolute atomic E-state index is 0.441. The second-order valence-corrected chi connectivity index (χ2v) is 3.81. The van der Waals surface area contributed by atoms with E-state index in [4.69, 9.17) is 10.5 Å². The molecular weight excluding hydrogens is 214 g/mol. The Morgan fingerprint density at radius 2 is 2.18 bits per heavy atom. The third kappa shape index (κ3) is 2.85. The monoisotopic (exact) mass is 231 g/mol. The van der Waals surface area contributed by atoms with Crippen LogP contribution < -0.4 is 10.5 Å². The molecule has 0 amide bonds. The fourth-order valence-electron chi connectivity index (χ4n) is 1.67. The highest BCUT2D eigenvalue weighted by atomic mass is 16.5. The zero-order valence-corrected chi connectivity index (χ0v) is 9.94. The molecule has 17 heavy (non-hydrogen) atoms. The number of imidazole rings is 1. The van der Waals surface area contributed by atoms with E-state index < -0.39 is 0 Å². The number of nitrogens with zero attached hydrogens (tertiary/aromatic N) is 1. The minimum atomic E-state index is 0.441. The zero-order valence-electron chi connectivity index (χ0n) is 9.94. The number of hydrogen-bond acceptors (Lipinski definition) is 3. The van der Waals surface area contributed by atoms with Crippen molar-refractivity contribution in [2.75, 3.05) is 0 Å². The van der Waals surface area contributed by atoms with Crippen LogP contribution in [0.2, 0.25) is 0 Å². The zero-order chi connectivity index (χ0) is 12.1. The van der Waals surface area contributed by atoms with Crippen molar-refractivity contribution in [2.45, 2.75) is 26.5 Å². The van der Waals surface area contributed by atoms with E-state index in [9.17, 15) is 0 Å². The van der Waals surface area contributed by atoms with Crippen molar-refractivity contribution in [1.29, 1.82) is 0 Å². The quantitative estimate of drug-likeness (QED) is 0.827. The molecule has 4 heteroatoms. The molecular formula is C13H17N3O. The first-order chi connectivity index (χ1) is 8.33. The first-order valence-corrected chi connectivity index (χ1v) is 5.77. The molecule has 0 radical (unpaired) electrons. The summed E-state index contributed by atoms with van der Waals surface area (Å²) in [4.78, 5) is 7.31. The fourth-order valence-corrected chi connectivity index (χ4v) is 1.67. The minimum Gasteiger partial charge on any atom is -0.485 e. The number of nitrogens with one attached hydrogen (secondary N) is 1. The Morgan fingerprint density at radius 1 is 1.35 bits per heavy atom. The molecule has 4 nitrogen and oxygen atoms in total. The van der Waals surface area contributed by atoms with Gasteiger partial charge in [0.1, 0.15) is 18.2 Å². The number of aromatic amines is 1. The van der Waals surface area contributed by atoms with E-state index >= 15 is 0 Å². The van der Waals surface area contributed by atoms with Gasteiger partial charge in [-0.3, -0.25) is 0 Å². The normalized spacial score (nSPS) is 10.5. The third-order valence-electron chi connectivity index (χ3n) is 2.62. The van der Waals surface area contributed by atoms with Crippen molar-refractivity contribution >= 4 is 0 Å². The largest absolute Gasteiger partial charge is 0.485 e. The van der Waals surface area contributed by atoms with Crippen LogP contribution in [0.25, 0.3) is 0 Å². The molecule has 1 aromatic heterocycles. The van der Waals surface area contributed by atoms with Crippen molar-refractivity contribution < 1.29 is 4.74 Å². The summed E-state index contributed by atoms with van der Waals surface area (Å²) in [5.74, 6) is 1.72. The van der Waals surface area contributed by atoms with Crippen LogP contribution >= 0.6 is 0 Å². The van der Waals surface area contributed by atoms with Crippen molar-refractivity contribution in [2.24, 2.45) is 5.73 Å². The first-order valence-electron chi connectivity index (χ1n) is 5.77. The fraction of sp³-hybridized carbons (Fsp3) is 0.308. The molecule has 0 bridgehead atoms. The van der Waals surface area contributed by atoms with E-state index in [0.717, 1.165) is 23.7 Å². The van der Waals surface area contributed by atoms with Gasteiger partial charge in [0.05, 0.1) is 0 Å². The van der Waals surface area contributed by atoms with Crippen LogP contribution in [0.4, 0.5) is 0 Å². The molecule has 0 saturated carbocycles. The summed E-state index contributed by atoms with van der Waals surface area (Å²) >= 11 is 0. The molecule has 2 rings (SSSR count). The molecule has 0 spiro atoms. The molecule has 2 aromatic rings. The number of ether oxygens (including phenoxy) is 1. The highest BCUT2D eigenvalue weighted by molar-refractivity contribution is 5.33. The van der Waals surface area contributed by atoms with Gasteiger partial charge >= 0.3 is 0 Å². The number of nitrogens with two attached hydrogens (primary N) is 1. The number of benzene rings is 1. The van der Waals surface area contributed by atoms with Crippen LogP contribution in [0, 0.1) is 0 Å². The predicted molar refractivity (Wildman–Crippen MR) is 66.6 cm³/mol. The summed E-state index contributed by atoms with van der Waals surface area (Å²) in [7, 11) is 0. The summed E-state index contributed by atoms with van der Waals surface area (Å²) < 4.78 is 5.74. The lowest BCUT2D eigenvalue weighted by Crippen LogP contribution is -2.01. The molecule has 0 unspecified atom stereocenters. The Balaban J connectivity index is 2.01. The van der Waals surface area contributed by atoms with Gasteiger partial charge in [0.2, 0.25) is 0 Å². The highest BCUT2D eigenvalue weighted by Crippen LogP contribution is 2.19. The Kier molecular flexibility index (Phi) is 3.77. The van der Waals surface area contributed by atoms with E-state index in [1.165, 1.54) is 5.56 Å². The molecule has 90 valence electrons. The van der Waals surface area contributed by atoms with Gasteiger partial charge in [-0.2, -0.15) is 0 Å². The van der Waals surface area contributed by atoms with Gasteiger partial charge in [0, 0.05) is 18.4 Å². The Labute approximate surface area is 101 Å². The van der Waals surface area contributed by atoms with Gasteiger partial charge in [0.15, 0.2) is 0 Å². The second-order valence-electron chi connectivity index (χ2n) is 3.81. The lowest BCUT2D eigenvalue weighted by atomic mass is 10.1. The Hall–Kier alpha value is -1.81. The molecule has 0 fully saturated rings. The lowest BCUT2D eigenvalue weighted by Gasteiger charge is -2.08. The molecule has 0 aliphatic heterocycles. The molecule has 1 aromatic carbocycles. The van der Waals surface area contributed by atoms with Crippen LogP contribution in [0.15, 0.2) is 30.5 Å². The summed E-state index contributed by atoms with van der Waals surface area (Å²) in [6.45, 7) is 3.02. The van der Waals surface area contributed by atoms with Gasteiger partial charge in [-0.15, -0.1) is 0 Å². The molecule has 1 heterocycles. The van der Waals surface area contributed by atoms with E-state index in [2.05, 4.69) is 23.0 Å². The van der Waals surface area contributed by atoms with Crippen LogP contribution in [0.5, 0.6) is 5.75 Å². The van der Waals surface area contributed by atoms with E-state index in [0.29, 0.717) is 13.2 Å². The molecule has 0 aliphatic rings. The van der Waals surface area contributed by atoms with Crippen molar-refractivity contribution in [3.05, 3.63) is 47.5 Å². The maximum Gasteiger partial charge on any atom is 0.146 e. The van der Waals surface area contributed by atoms with E-state index in [-0.39, 0.29) is 0 Å². The van der Waals surface area contributed by atoms with Crippen molar-refractivity contribution in [3.63, 3.8) is 0 Å². The van der Waals surface area contributed by atoms with Crippen molar-refractivity contribution in [1.82, 2.24) is 9.97 Å². The maximum absolute atomic E-state index is 5.74. The molecule has 0 saturated heterocycles. The van der Waals surface area contributed by atoms with Crippen LogP contribution in [0.1, 0.15) is 24.0 Å². The molecule has 3 N–H and O–H groups in total. The summed E-state index contributed by atoms with van der Waals surface area (Å²) in [5.41, 5.74) is 7.63. The van der Waals surface area contributed by atoms with Crippen molar-refractivity contribution in [3.8, 4) is 5.75 Å². The number of H-pyrrole nitrogens is 1. The standard InChI is InChI=1S/C13H17N3O/c1-2-10-5-3-4-6-12(10)17-9-13-15-8-11(7-14)16-13/h3-6,8H,2,7,9,14H2,1H3,(H,15,16). The topological polar surface area (TPSA) is 63.9 Å². The summed E-state index contributed by atoms with van der Waals surface area (Å²) in [6, 6.07) is 8.04.